The van der Waals surface area contributed by atoms with Crippen LogP contribution >= 0.6 is 0 Å². The van der Waals surface area contributed by atoms with Gasteiger partial charge in [-0.05, 0) is 32.5 Å². The minimum absolute atomic E-state index is 0.167. The van der Waals surface area contributed by atoms with E-state index in [-0.39, 0.29) is 24.4 Å². The molecule has 0 aliphatic carbocycles. The van der Waals surface area contributed by atoms with Crippen molar-refractivity contribution in [3.05, 3.63) is 36.0 Å². The summed E-state index contributed by atoms with van der Waals surface area (Å²) in [5.41, 5.74) is 1.46. The lowest BCUT2D eigenvalue weighted by Crippen LogP contribution is -2.28. The van der Waals surface area contributed by atoms with E-state index in [0.717, 1.165) is 24.5 Å². The number of nitrogens with zero attached hydrogens (tertiary/aromatic N) is 3. The summed E-state index contributed by atoms with van der Waals surface area (Å²) in [6.45, 7) is 2.94. The number of aliphatic hydroxyl groups is 1. The highest BCUT2D eigenvalue weighted by atomic mass is 16.3. The van der Waals surface area contributed by atoms with Crippen LogP contribution in [0.1, 0.15) is 12.1 Å². The molecule has 3 rings (SSSR count). The van der Waals surface area contributed by atoms with Gasteiger partial charge in [-0.15, -0.1) is 0 Å². The summed E-state index contributed by atoms with van der Waals surface area (Å²) in [4.78, 5) is 11.1. The van der Waals surface area contributed by atoms with Gasteiger partial charge in [0.05, 0.1) is 12.2 Å². The number of hydrogen-bond acceptors (Lipinski definition) is 6. The summed E-state index contributed by atoms with van der Waals surface area (Å²) >= 11 is 0. The standard InChI is InChI=1S/C17H22N4O2/c1-11-7-16(19-12-8-13(10-22)21(2)9-12)20-17(18-11)14-5-3-4-6-15(14)23/h3-7,12-13,22-23H,8-10H2,1-2H3,(H,18,19,20)/t12-,13+/m1/s1. The van der Waals surface area contributed by atoms with Crippen LogP contribution in [-0.4, -0.2) is 57.4 Å². The maximum absolute atomic E-state index is 10.00. The smallest absolute Gasteiger partial charge is 0.165 e. The van der Waals surface area contributed by atoms with E-state index in [2.05, 4.69) is 20.2 Å². The minimum atomic E-state index is 0.167. The number of phenols is 1. The van der Waals surface area contributed by atoms with Gasteiger partial charge in [0.15, 0.2) is 5.82 Å². The van der Waals surface area contributed by atoms with Gasteiger partial charge in [-0.1, -0.05) is 12.1 Å². The van der Waals surface area contributed by atoms with Gasteiger partial charge in [-0.3, -0.25) is 4.90 Å². The van der Waals surface area contributed by atoms with Gasteiger partial charge in [0.1, 0.15) is 11.6 Å². The second kappa shape index (κ2) is 6.52. The summed E-state index contributed by atoms with van der Waals surface area (Å²) in [7, 11) is 2.02. The van der Waals surface area contributed by atoms with Crippen molar-refractivity contribution in [2.45, 2.75) is 25.4 Å². The zero-order valence-electron chi connectivity index (χ0n) is 13.4. The van der Waals surface area contributed by atoms with Crippen molar-refractivity contribution in [3.63, 3.8) is 0 Å². The molecule has 0 bridgehead atoms. The van der Waals surface area contributed by atoms with Crippen LogP contribution in [0.2, 0.25) is 0 Å². The Labute approximate surface area is 135 Å². The molecule has 0 radical (unpaired) electrons. The van der Waals surface area contributed by atoms with Gasteiger partial charge in [0.2, 0.25) is 0 Å². The average Bonchev–Trinajstić information content (AvgIpc) is 2.86. The third-order valence-corrected chi connectivity index (χ3v) is 4.25. The predicted octanol–water partition coefficient (Wildman–Crippen LogP) is 1.63. The molecule has 122 valence electrons. The molecule has 3 N–H and O–H groups in total. The van der Waals surface area contributed by atoms with E-state index < -0.39 is 0 Å². The number of anilines is 1. The molecule has 1 aliphatic heterocycles. The highest BCUT2D eigenvalue weighted by Crippen LogP contribution is 2.27. The van der Waals surface area contributed by atoms with Crippen LogP contribution in [0.25, 0.3) is 11.4 Å². The zero-order chi connectivity index (χ0) is 16.4. The summed E-state index contributed by atoms with van der Waals surface area (Å²) in [6, 6.07) is 9.39. The number of hydrogen-bond donors (Lipinski definition) is 3. The Morgan fingerprint density at radius 2 is 2.09 bits per heavy atom. The van der Waals surface area contributed by atoms with E-state index in [1.54, 1.807) is 18.2 Å². The van der Waals surface area contributed by atoms with Crippen molar-refractivity contribution >= 4 is 5.82 Å². The van der Waals surface area contributed by atoms with Gasteiger partial charge >= 0.3 is 0 Å². The number of benzene rings is 1. The SMILES string of the molecule is Cc1cc(N[C@@H]2C[C@@H](CO)N(C)C2)nc(-c2ccccc2O)n1. The number of rotatable bonds is 4. The molecule has 0 saturated carbocycles. The van der Waals surface area contributed by atoms with Gasteiger partial charge in [-0.25, -0.2) is 9.97 Å². The fourth-order valence-electron chi connectivity index (χ4n) is 3.03. The van der Waals surface area contributed by atoms with Crippen molar-refractivity contribution in [3.8, 4) is 17.1 Å². The van der Waals surface area contributed by atoms with Crippen LogP contribution in [0, 0.1) is 6.92 Å². The second-order valence-corrected chi connectivity index (χ2v) is 6.09. The number of likely N-dealkylation sites (tertiary alicyclic amines) is 1. The van der Waals surface area contributed by atoms with E-state index in [1.165, 1.54) is 0 Å². The topological polar surface area (TPSA) is 81.5 Å². The maximum atomic E-state index is 10.00. The molecule has 2 heterocycles. The number of aliphatic hydroxyl groups excluding tert-OH is 1. The normalized spacial score (nSPS) is 21.5. The second-order valence-electron chi connectivity index (χ2n) is 6.09. The Morgan fingerprint density at radius 1 is 1.30 bits per heavy atom. The van der Waals surface area contributed by atoms with E-state index in [4.69, 9.17) is 0 Å². The van der Waals surface area contributed by atoms with Gasteiger partial charge in [-0.2, -0.15) is 0 Å². The number of aromatic hydroxyl groups is 1. The zero-order valence-corrected chi connectivity index (χ0v) is 13.4. The van der Waals surface area contributed by atoms with E-state index in [9.17, 15) is 10.2 Å². The first-order chi connectivity index (χ1) is 11.1. The van der Waals surface area contributed by atoms with Crippen LogP contribution in [0.4, 0.5) is 5.82 Å². The Hall–Kier alpha value is -2.18. The van der Waals surface area contributed by atoms with Crippen molar-refractivity contribution in [2.75, 3.05) is 25.5 Å². The molecule has 1 aromatic heterocycles. The first-order valence-corrected chi connectivity index (χ1v) is 7.78. The third kappa shape index (κ3) is 3.43. The monoisotopic (exact) mass is 314 g/mol. The molecule has 2 aromatic rings. The Morgan fingerprint density at radius 3 is 2.78 bits per heavy atom. The lowest BCUT2D eigenvalue weighted by molar-refractivity contribution is 0.182. The van der Waals surface area contributed by atoms with Gasteiger partial charge < -0.3 is 15.5 Å². The number of aryl methyl sites for hydroxylation is 1. The molecule has 0 amide bonds. The molecular weight excluding hydrogens is 292 g/mol. The average molecular weight is 314 g/mol. The molecule has 1 saturated heterocycles. The summed E-state index contributed by atoms with van der Waals surface area (Å²) in [5.74, 6) is 1.42. The maximum Gasteiger partial charge on any atom is 0.165 e. The summed E-state index contributed by atoms with van der Waals surface area (Å²) in [5, 5.41) is 22.8. The van der Waals surface area contributed by atoms with Crippen molar-refractivity contribution in [1.29, 1.82) is 0 Å². The van der Waals surface area contributed by atoms with E-state index >= 15 is 0 Å². The molecule has 2 atom stereocenters. The van der Waals surface area contributed by atoms with Crippen molar-refractivity contribution in [1.82, 2.24) is 14.9 Å². The van der Waals surface area contributed by atoms with E-state index in [1.807, 2.05) is 26.1 Å². The predicted molar refractivity (Wildman–Crippen MR) is 89.4 cm³/mol. The number of nitrogens with one attached hydrogen (secondary N) is 1. The van der Waals surface area contributed by atoms with Gasteiger partial charge in [0, 0.05) is 30.4 Å². The largest absolute Gasteiger partial charge is 0.507 e. The van der Waals surface area contributed by atoms with Crippen LogP contribution in [0.3, 0.4) is 0 Å². The van der Waals surface area contributed by atoms with Gasteiger partial charge in [0.25, 0.3) is 0 Å². The summed E-state index contributed by atoms with van der Waals surface area (Å²) < 4.78 is 0. The minimum Gasteiger partial charge on any atom is -0.507 e. The number of para-hydroxylation sites is 1. The van der Waals surface area contributed by atoms with Crippen molar-refractivity contribution in [2.24, 2.45) is 0 Å². The van der Waals surface area contributed by atoms with Crippen molar-refractivity contribution < 1.29 is 10.2 Å². The Bertz CT molecular complexity index is 692. The Kier molecular flexibility index (Phi) is 4.45. The molecule has 6 heteroatoms. The van der Waals surface area contributed by atoms with Crippen LogP contribution < -0.4 is 5.32 Å². The first kappa shape index (κ1) is 15.7. The lowest BCUT2D eigenvalue weighted by Gasteiger charge is -2.15. The van der Waals surface area contributed by atoms with Crippen LogP contribution in [0.15, 0.2) is 30.3 Å². The first-order valence-electron chi connectivity index (χ1n) is 7.78. The van der Waals surface area contributed by atoms with E-state index in [0.29, 0.717) is 11.4 Å². The molecule has 1 aliphatic rings. The summed E-state index contributed by atoms with van der Waals surface area (Å²) in [6.07, 6.45) is 0.877. The van der Waals surface area contributed by atoms with Crippen LogP contribution in [0.5, 0.6) is 5.75 Å². The molecule has 0 spiro atoms. The molecule has 1 fully saturated rings. The quantitative estimate of drug-likeness (QED) is 0.796. The number of phenolic OH excluding ortho intramolecular Hbond substituents is 1. The molecule has 1 aromatic carbocycles. The third-order valence-electron chi connectivity index (χ3n) is 4.25. The molecule has 6 nitrogen and oxygen atoms in total. The fourth-order valence-corrected chi connectivity index (χ4v) is 3.03. The molecular formula is C17H22N4O2. The number of likely N-dealkylation sites (N-methyl/N-ethyl adjacent to an activating group) is 1. The lowest BCUT2D eigenvalue weighted by atomic mass is 10.1. The Balaban J connectivity index is 1.83. The highest BCUT2D eigenvalue weighted by Gasteiger charge is 2.29. The van der Waals surface area contributed by atoms with Crippen LogP contribution in [-0.2, 0) is 0 Å². The highest BCUT2D eigenvalue weighted by molar-refractivity contribution is 5.64. The molecule has 23 heavy (non-hydrogen) atoms. The molecule has 0 unspecified atom stereocenters. The fraction of sp³-hybridized carbons (Fsp3) is 0.412. The number of aromatic nitrogens is 2.